The Hall–Kier alpha value is -1.83. The Labute approximate surface area is 217 Å². The predicted octanol–water partition coefficient (Wildman–Crippen LogP) is 0.880. The molecule has 0 aliphatic carbocycles. The minimum atomic E-state index is -5.28. The molecule has 0 aromatic heterocycles. The summed E-state index contributed by atoms with van der Waals surface area (Å²) in [5.41, 5.74) is 0. The van der Waals surface area contributed by atoms with Crippen molar-refractivity contribution in [2.24, 2.45) is 5.92 Å². The molecule has 0 aliphatic rings. The predicted molar refractivity (Wildman–Crippen MR) is 134 cm³/mol. The van der Waals surface area contributed by atoms with E-state index in [9.17, 15) is 41.8 Å². The molecule has 0 rings (SSSR count). The third-order valence-electron chi connectivity index (χ3n) is 5.09. The maximum Gasteiger partial charge on any atom is 0.445 e. The molecule has 0 spiro atoms. The van der Waals surface area contributed by atoms with Crippen LogP contribution < -0.4 is 10.6 Å². The first-order valence-electron chi connectivity index (χ1n) is 12.0. The van der Waals surface area contributed by atoms with Gasteiger partial charge in [-0.15, -0.1) is 0 Å². The number of esters is 1. The number of hydrogen-bond donors (Lipinski definition) is 3. The molecule has 0 aliphatic heterocycles. The molecular weight excluding hydrogens is 531 g/mol. The average Bonchev–Trinajstić information content (AvgIpc) is 2.79. The van der Waals surface area contributed by atoms with Crippen molar-refractivity contribution in [3.05, 3.63) is 0 Å². The van der Waals surface area contributed by atoms with Crippen LogP contribution in [-0.4, -0.2) is 81.6 Å². The Morgan fingerprint density at radius 3 is 1.70 bits per heavy atom. The zero-order valence-corrected chi connectivity index (χ0v) is 23.5. The molecule has 3 N–H and O–H groups in total. The van der Waals surface area contributed by atoms with Gasteiger partial charge in [-0.05, 0) is 46.4 Å². The number of carbonyl (C=O) groups excluding carboxylic acids is 5. The maximum absolute atomic E-state index is 12.4. The van der Waals surface area contributed by atoms with Gasteiger partial charge < -0.3 is 20.3 Å². The minimum Gasteiger partial charge on any atom is -0.430 e. The molecule has 0 heterocycles. The van der Waals surface area contributed by atoms with E-state index in [1.807, 2.05) is 6.92 Å². The third-order valence-corrected chi connectivity index (χ3v) is 10.1. The minimum absolute atomic E-state index is 0.0218. The molecule has 0 aromatic carbocycles. The number of hydrogen-bond acceptors (Lipinski definition) is 12. The molecule has 0 bridgehead atoms. The summed E-state index contributed by atoms with van der Waals surface area (Å²) in [6.07, 6.45) is -1.66. The van der Waals surface area contributed by atoms with Crippen LogP contribution in [0.1, 0.15) is 65.2 Å². The lowest BCUT2D eigenvalue weighted by Crippen LogP contribution is -2.33. The summed E-state index contributed by atoms with van der Waals surface area (Å²) in [7, 11) is -1.48. The van der Waals surface area contributed by atoms with Gasteiger partial charge in [-0.1, -0.05) is 6.92 Å². The van der Waals surface area contributed by atoms with Crippen molar-refractivity contribution in [3.63, 3.8) is 0 Å². The summed E-state index contributed by atoms with van der Waals surface area (Å²) in [6.45, 7) is -1.97. The van der Waals surface area contributed by atoms with E-state index in [1.54, 1.807) is 14.1 Å². The van der Waals surface area contributed by atoms with Gasteiger partial charge in [0.05, 0.1) is 5.75 Å². The van der Waals surface area contributed by atoms with Crippen molar-refractivity contribution in [3.8, 4) is 0 Å². The van der Waals surface area contributed by atoms with E-state index in [0.29, 0.717) is 12.8 Å². The molecule has 15 heteroatoms. The van der Waals surface area contributed by atoms with Crippen LogP contribution in [0, 0.1) is 5.92 Å². The van der Waals surface area contributed by atoms with E-state index in [0.717, 1.165) is 6.92 Å². The largest absolute Gasteiger partial charge is 0.445 e. The fourth-order valence-corrected chi connectivity index (χ4v) is 6.74. The van der Waals surface area contributed by atoms with Crippen molar-refractivity contribution in [1.29, 1.82) is 0 Å². The summed E-state index contributed by atoms with van der Waals surface area (Å²) < 4.78 is 46.3. The number of carbonyl (C=O) groups is 5. The Bertz CT molecular complexity index is 946. The summed E-state index contributed by atoms with van der Waals surface area (Å²) in [4.78, 5) is 69.0. The topological polar surface area (TPSA) is 199 Å². The lowest BCUT2D eigenvalue weighted by Gasteiger charge is -2.21. The number of nitrogens with one attached hydrogen (secondary N) is 2. The first-order valence-corrected chi connectivity index (χ1v) is 15.8. The van der Waals surface area contributed by atoms with E-state index in [-0.39, 0.29) is 56.8 Å². The van der Waals surface area contributed by atoms with Crippen LogP contribution in [0.4, 0.5) is 0 Å². The van der Waals surface area contributed by atoms with E-state index in [2.05, 4.69) is 19.9 Å². The lowest BCUT2D eigenvalue weighted by atomic mass is 10.0. The zero-order valence-electron chi connectivity index (χ0n) is 21.8. The van der Waals surface area contributed by atoms with Gasteiger partial charge in [-0.25, -0.2) is 17.8 Å². The molecule has 0 amide bonds. The van der Waals surface area contributed by atoms with Gasteiger partial charge in [0, 0.05) is 44.9 Å². The van der Waals surface area contributed by atoms with E-state index < -0.39 is 58.2 Å². The summed E-state index contributed by atoms with van der Waals surface area (Å²) in [5, 5.41) is 5.55. The quantitative estimate of drug-likeness (QED) is 0.0718. The van der Waals surface area contributed by atoms with Crippen LogP contribution in [0.5, 0.6) is 0 Å². The normalized spacial score (nSPS) is 14.1. The number of rotatable bonds is 22. The van der Waals surface area contributed by atoms with Gasteiger partial charge in [-0.2, -0.15) is 0 Å². The summed E-state index contributed by atoms with van der Waals surface area (Å²) in [6, 6.07) is 0. The van der Waals surface area contributed by atoms with Crippen LogP contribution in [0.15, 0.2) is 0 Å². The van der Waals surface area contributed by atoms with Gasteiger partial charge in [0.15, 0.2) is 0 Å². The number of ketones is 4. The van der Waals surface area contributed by atoms with Crippen LogP contribution in [0.2, 0.25) is 0 Å². The van der Waals surface area contributed by atoms with Crippen LogP contribution in [0.25, 0.3) is 0 Å². The second-order valence-electron chi connectivity index (χ2n) is 8.57. The highest BCUT2D eigenvalue weighted by molar-refractivity contribution is 8.49. The molecule has 2 atom stereocenters. The van der Waals surface area contributed by atoms with Crippen LogP contribution >= 0.6 is 6.80 Å². The molecule has 37 heavy (non-hydrogen) atoms. The molecule has 0 saturated carbocycles. The summed E-state index contributed by atoms with van der Waals surface area (Å²) >= 11 is 0. The van der Waals surface area contributed by atoms with E-state index in [4.69, 9.17) is 0 Å². The molecule has 13 nitrogen and oxygen atoms in total. The first-order chi connectivity index (χ1) is 17.2. The molecule has 0 saturated heterocycles. The second-order valence-corrected chi connectivity index (χ2v) is 14.3. The highest BCUT2D eigenvalue weighted by Gasteiger charge is 2.41. The molecular formula is C22H39N2O11PS. The second kappa shape index (κ2) is 17.6. The van der Waals surface area contributed by atoms with E-state index in [1.165, 1.54) is 0 Å². The van der Waals surface area contributed by atoms with Crippen LogP contribution in [0.3, 0.4) is 0 Å². The standard InChI is InChI=1S/C22H39N2O11PS/c1-5-6-18(25)7-8-19(26)9-10-20(27)11-12-21(28)22(29)34-16(2)35-36(30,31)37(32,33)15-17(13-23-3)14-24-4/h16-17,23-24H,5-15H2,1-4H3,(H,30,31). The van der Waals surface area contributed by atoms with Crippen molar-refractivity contribution in [1.82, 2.24) is 10.6 Å². The Morgan fingerprint density at radius 2 is 1.27 bits per heavy atom. The fraction of sp³-hybridized carbons (Fsp3) is 0.773. The van der Waals surface area contributed by atoms with Crippen molar-refractivity contribution in [2.75, 3.05) is 32.9 Å². The highest BCUT2D eigenvalue weighted by Crippen LogP contribution is 2.51. The third kappa shape index (κ3) is 14.6. The zero-order chi connectivity index (χ0) is 28.6. The fourth-order valence-electron chi connectivity index (χ4n) is 3.22. The molecule has 214 valence electrons. The maximum atomic E-state index is 12.4. The lowest BCUT2D eigenvalue weighted by molar-refractivity contribution is -0.167. The Balaban J connectivity index is 4.62. The van der Waals surface area contributed by atoms with Crippen molar-refractivity contribution < 1.29 is 51.1 Å². The number of Topliss-reactive ketones (excluding diaryl/α,β-unsaturated/α-hetero) is 4. The van der Waals surface area contributed by atoms with Crippen molar-refractivity contribution in [2.45, 2.75) is 71.5 Å². The van der Waals surface area contributed by atoms with Gasteiger partial charge in [0.1, 0.15) is 17.3 Å². The van der Waals surface area contributed by atoms with Gasteiger partial charge in [0.2, 0.25) is 12.1 Å². The van der Waals surface area contributed by atoms with Gasteiger partial charge >= 0.3 is 12.8 Å². The van der Waals surface area contributed by atoms with Crippen LogP contribution in [-0.2, 0) is 47.3 Å². The number of ether oxygens (including phenoxy) is 1. The Morgan fingerprint density at radius 1 is 0.838 bits per heavy atom. The monoisotopic (exact) mass is 570 g/mol. The molecule has 0 fully saturated rings. The SMILES string of the molecule is CCCC(=O)CCC(=O)CCC(=O)CCC(=O)C(=O)OC(C)OP(=O)(O)S(=O)(=O)CC(CNC)CNC. The Kier molecular flexibility index (Phi) is 16.8. The molecule has 2 unspecified atom stereocenters. The average molecular weight is 571 g/mol. The summed E-state index contributed by atoms with van der Waals surface area (Å²) in [5.74, 6) is -4.53. The van der Waals surface area contributed by atoms with Crippen molar-refractivity contribution >= 4 is 45.4 Å². The van der Waals surface area contributed by atoms with E-state index >= 15 is 0 Å². The first kappa shape index (κ1) is 35.2. The highest BCUT2D eigenvalue weighted by atomic mass is 32.8. The van der Waals surface area contributed by atoms with Gasteiger partial charge in [-0.3, -0.25) is 23.7 Å². The molecule has 0 aromatic rings. The van der Waals surface area contributed by atoms with Gasteiger partial charge in [0.25, 0.3) is 9.46 Å². The smallest absolute Gasteiger partial charge is 0.430 e. The molecule has 0 radical (unpaired) electrons.